The number of hydrogen-bond donors (Lipinski definition) is 1. The first-order valence-corrected chi connectivity index (χ1v) is 6.99. The summed E-state index contributed by atoms with van der Waals surface area (Å²) >= 11 is 1.62. The largest absolute Gasteiger partial charge is 0.465 e. The number of nitrogens with one attached hydrogen (secondary N) is 1. The van der Waals surface area contributed by atoms with Gasteiger partial charge in [0, 0.05) is 11.4 Å². The zero-order valence-electron chi connectivity index (χ0n) is 10.0. The van der Waals surface area contributed by atoms with Gasteiger partial charge in [0.05, 0.1) is 5.69 Å². The Bertz CT molecular complexity index is 327. The molecule has 2 rings (SSSR count). The summed E-state index contributed by atoms with van der Waals surface area (Å²) in [6.07, 6.45) is 6.23. The topological polar surface area (TPSA) is 34.1 Å². The molecule has 2 atom stereocenters. The Morgan fingerprint density at radius 1 is 1.50 bits per heavy atom. The van der Waals surface area contributed by atoms with Crippen LogP contribution >= 0.6 is 11.3 Å². The smallest absolute Gasteiger partial charge is 0.273 e. The Kier molecular flexibility index (Phi) is 4.18. The van der Waals surface area contributed by atoms with Crippen LogP contribution in [0.3, 0.4) is 0 Å². The fourth-order valence-corrected chi connectivity index (χ4v) is 3.01. The van der Waals surface area contributed by atoms with Crippen molar-refractivity contribution in [1.82, 2.24) is 10.3 Å². The summed E-state index contributed by atoms with van der Waals surface area (Å²) in [6, 6.07) is 0.489. The van der Waals surface area contributed by atoms with Crippen molar-refractivity contribution < 1.29 is 4.74 Å². The molecule has 0 radical (unpaired) electrons. The molecular weight excluding hydrogens is 220 g/mol. The first-order chi connectivity index (χ1) is 7.83. The van der Waals surface area contributed by atoms with Crippen molar-refractivity contribution in [1.29, 1.82) is 0 Å². The van der Waals surface area contributed by atoms with E-state index in [-0.39, 0.29) is 0 Å². The number of rotatable bonds is 4. The van der Waals surface area contributed by atoms with Gasteiger partial charge in [0.1, 0.15) is 6.10 Å². The molecule has 1 saturated carbocycles. The van der Waals surface area contributed by atoms with E-state index in [1.165, 1.54) is 19.3 Å². The van der Waals surface area contributed by atoms with Crippen molar-refractivity contribution in [2.75, 3.05) is 7.05 Å². The molecule has 0 aromatic carbocycles. The summed E-state index contributed by atoms with van der Waals surface area (Å²) in [6.45, 7) is 2.12. The average Bonchev–Trinajstić information content (AvgIpc) is 2.77. The molecule has 0 bridgehead atoms. The molecule has 0 saturated heterocycles. The Labute approximate surface area is 101 Å². The molecule has 1 aliphatic carbocycles. The zero-order valence-corrected chi connectivity index (χ0v) is 10.8. The maximum absolute atomic E-state index is 5.99. The van der Waals surface area contributed by atoms with Crippen LogP contribution in [0.25, 0.3) is 0 Å². The highest BCUT2D eigenvalue weighted by molar-refractivity contribution is 7.11. The number of thiazole rings is 1. The molecule has 0 spiro atoms. The Hall–Kier alpha value is -0.610. The lowest BCUT2D eigenvalue weighted by Gasteiger charge is -2.30. The predicted molar refractivity (Wildman–Crippen MR) is 67.2 cm³/mol. The van der Waals surface area contributed by atoms with Crippen LogP contribution in [0.15, 0.2) is 5.38 Å². The van der Waals surface area contributed by atoms with Gasteiger partial charge < -0.3 is 10.1 Å². The number of likely N-dealkylation sites (N-methyl/N-ethyl adjacent to an activating group) is 1. The monoisotopic (exact) mass is 240 g/mol. The van der Waals surface area contributed by atoms with E-state index in [4.69, 9.17) is 4.74 Å². The van der Waals surface area contributed by atoms with E-state index in [0.717, 1.165) is 23.7 Å². The lowest BCUT2D eigenvalue weighted by molar-refractivity contribution is 0.117. The van der Waals surface area contributed by atoms with Crippen molar-refractivity contribution in [2.24, 2.45) is 0 Å². The quantitative estimate of drug-likeness (QED) is 0.878. The molecule has 4 heteroatoms. The molecule has 2 unspecified atom stereocenters. The fraction of sp³-hybridized carbons (Fsp3) is 0.750. The third-order valence-electron chi connectivity index (χ3n) is 3.22. The SMILES string of the molecule is CCc1csc(OC2CCCCC2NC)n1. The van der Waals surface area contributed by atoms with E-state index in [0.29, 0.717) is 12.1 Å². The Morgan fingerprint density at radius 2 is 2.31 bits per heavy atom. The molecule has 3 nitrogen and oxygen atoms in total. The van der Waals surface area contributed by atoms with Crippen LogP contribution < -0.4 is 10.1 Å². The van der Waals surface area contributed by atoms with Crippen molar-refractivity contribution in [2.45, 2.75) is 51.2 Å². The van der Waals surface area contributed by atoms with E-state index in [1.54, 1.807) is 11.3 Å². The highest BCUT2D eigenvalue weighted by Crippen LogP contribution is 2.26. The van der Waals surface area contributed by atoms with Crippen LogP contribution in [-0.2, 0) is 6.42 Å². The summed E-state index contributed by atoms with van der Waals surface area (Å²) in [5, 5.41) is 6.27. The lowest BCUT2D eigenvalue weighted by Crippen LogP contribution is -2.43. The van der Waals surface area contributed by atoms with E-state index in [2.05, 4.69) is 22.6 Å². The summed E-state index contributed by atoms with van der Waals surface area (Å²) in [7, 11) is 2.02. The molecule has 0 amide bonds. The summed E-state index contributed by atoms with van der Waals surface area (Å²) < 4.78 is 5.99. The Morgan fingerprint density at radius 3 is 3.00 bits per heavy atom. The van der Waals surface area contributed by atoms with Gasteiger partial charge in [-0.25, -0.2) is 4.98 Å². The average molecular weight is 240 g/mol. The van der Waals surface area contributed by atoms with Crippen LogP contribution in [0.1, 0.15) is 38.3 Å². The summed E-state index contributed by atoms with van der Waals surface area (Å²) in [5.41, 5.74) is 1.14. The maximum Gasteiger partial charge on any atom is 0.273 e. The minimum atomic E-state index is 0.301. The van der Waals surface area contributed by atoms with E-state index >= 15 is 0 Å². The van der Waals surface area contributed by atoms with Gasteiger partial charge in [0.25, 0.3) is 5.19 Å². The highest BCUT2D eigenvalue weighted by Gasteiger charge is 2.26. The molecule has 0 aliphatic heterocycles. The first-order valence-electron chi connectivity index (χ1n) is 6.11. The molecule has 1 aromatic rings. The van der Waals surface area contributed by atoms with Crippen LogP contribution in [0.2, 0.25) is 0 Å². The molecule has 1 fully saturated rings. The van der Waals surface area contributed by atoms with Gasteiger partial charge in [0.2, 0.25) is 0 Å². The molecule has 1 aliphatic rings. The van der Waals surface area contributed by atoms with E-state index in [1.807, 2.05) is 7.05 Å². The van der Waals surface area contributed by atoms with Gasteiger partial charge >= 0.3 is 0 Å². The first kappa shape index (κ1) is 11.9. The van der Waals surface area contributed by atoms with Gasteiger partial charge in [-0.05, 0) is 32.7 Å². The number of hydrogen-bond acceptors (Lipinski definition) is 4. The zero-order chi connectivity index (χ0) is 11.4. The predicted octanol–water partition coefficient (Wildman–Crippen LogP) is 2.61. The van der Waals surface area contributed by atoms with Crippen molar-refractivity contribution in [3.05, 3.63) is 11.1 Å². The number of ether oxygens (including phenoxy) is 1. The highest BCUT2D eigenvalue weighted by atomic mass is 32.1. The van der Waals surface area contributed by atoms with Gasteiger partial charge in [0.15, 0.2) is 0 Å². The summed E-state index contributed by atoms with van der Waals surface area (Å²) in [5.74, 6) is 0. The third kappa shape index (κ3) is 2.74. The number of aryl methyl sites for hydroxylation is 1. The van der Waals surface area contributed by atoms with Crippen LogP contribution in [-0.4, -0.2) is 24.2 Å². The minimum Gasteiger partial charge on any atom is -0.465 e. The van der Waals surface area contributed by atoms with Crippen molar-refractivity contribution in [3.63, 3.8) is 0 Å². The molecule has 1 heterocycles. The molecular formula is C12H20N2OS. The Balaban J connectivity index is 1.96. The van der Waals surface area contributed by atoms with Gasteiger partial charge in [-0.1, -0.05) is 24.7 Å². The van der Waals surface area contributed by atoms with E-state index in [9.17, 15) is 0 Å². The second-order valence-electron chi connectivity index (χ2n) is 4.29. The van der Waals surface area contributed by atoms with Gasteiger partial charge in [-0.3, -0.25) is 0 Å². The second kappa shape index (κ2) is 5.64. The molecule has 16 heavy (non-hydrogen) atoms. The molecule has 1 N–H and O–H groups in total. The van der Waals surface area contributed by atoms with Crippen LogP contribution in [0.5, 0.6) is 5.19 Å². The van der Waals surface area contributed by atoms with Crippen molar-refractivity contribution in [3.8, 4) is 5.19 Å². The van der Waals surface area contributed by atoms with Crippen molar-refractivity contribution >= 4 is 11.3 Å². The minimum absolute atomic E-state index is 0.301. The maximum atomic E-state index is 5.99. The normalized spacial score (nSPS) is 25.6. The molecule has 90 valence electrons. The lowest BCUT2D eigenvalue weighted by atomic mass is 9.93. The fourth-order valence-electron chi connectivity index (χ4n) is 2.20. The van der Waals surface area contributed by atoms with Crippen LogP contribution in [0, 0.1) is 0 Å². The molecule has 1 aromatic heterocycles. The number of nitrogens with zero attached hydrogens (tertiary/aromatic N) is 1. The summed E-state index contributed by atoms with van der Waals surface area (Å²) in [4.78, 5) is 4.46. The standard InChI is InChI=1S/C12H20N2OS/c1-3-9-8-16-12(14-9)15-11-7-5-4-6-10(11)13-2/h8,10-11,13H,3-7H2,1-2H3. The van der Waals surface area contributed by atoms with Gasteiger partial charge in [-0.2, -0.15) is 0 Å². The van der Waals surface area contributed by atoms with E-state index < -0.39 is 0 Å². The third-order valence-corrected chi connectivity index (χ3v) is 4.00. The van der Waals surface area contributed by atoms with Gasteiger partial charge in [-0.15, -0.1) is 0 Å². The second-order valence-corrected chi connectivity index (χ2v) is 5.11. The number of aromatic nitrogens is 1. The van der Waals surface area contributed by atoms with Crippen LogP contribution in [0.4, 0.5) is 0 Å².